The molecule has 0 aliphatic heterocycles. The Kier molecular flexibility index (Phi) is 71.4. The molecular weight excluding hydrogens is 348 g/mol. The molecule has 0 aromatic carbocycles. The summed E-state index contributed by atoms with van der Waals surface area (Å²) in [5.41, 5.74) is 0. The van der Waals surface area contributed by atoms with Crippen molar-refractivity contribution in [1.29, 1.82) is 0 Å². The lowest BCUT2D eigenvalue weighted by atomic mass is 10.4. The minimum Gasteiger partial charge on any atom is -0.400 e. The molecule has 0 aliphatic rings. The van der Waals surface area contributed by atoms with Gasteiger partial charge in [0.25, 0.3) is 0 Å². The Morgan fingerprint density at radius 1 is 0.750 bits per heavy atom. The van der Waals surface area contributed by atoms with E-state index in [-0.39, 0.29) is 5.76 Å². The van der Waals surface area contributed by atoms with Crippen molar-refractivity contribution in [2.75, 3.05) is 0 Å². The molecule has 0 radical (unpaired) electrons. The maximum Gasteiger partial charge on any atom is 0.519 e. The van der Waals surface area contributed by atoms with Crippen molar-refractivity contribution in [3.8, 4) is 0 Å². The van der Waals surface area contributed by atoms with Crippen LogP contribution >= 0.6 is 0 Å². The predicted octanol–water partition coefficient (Wildman–Crippen LogP) is 9.34. The van der Waals surface area contributed by atoms with Crippen LogP contribution in [0.15, 0.2) is 86.4 Å². The fourth-order valence-electron chi connectivity index (χ4n) is 0.767. The SMILES string of the molecule is C=C/C=C(\C)OC(=O)OC(=C)/C=C\C=C/C.C=CC=C.CC.CC.CC.CC. The number of hydrogen-bond donors (Lipinski definition) is 0. The Bertz CT molecular complexity index is 419. The molecule has 0 amide bonds. The van der Waals surface area contributed by atoms with Gasteiger partial charge in [0.05, 0.1) is 0 Å². The second kappa shape index (κ2) is 49.7. The highest BCUT2D eigenvalue weighted by Gasteiger charge is 2.05. The molecule has 3 heteroatoms. The molecule has 0 aliphatic carbocycles. The van der Waals surface area contributed by atoms with Crippen molar-refractivity contribution >= 4 is 6.16 Å². The summed E-state index contributed by atoms with van der Waals surface area (Å²) >= 11 is 0. The van der Waals surface area contributed by atoms with E-state index in [4.69, 9.17) is 9.47 Å². The highest BCUT2D eigenvalue weighted by Crippen LogP contribution is 2.03. The summed E-state index contributed by atoms with van der Waals surface area (Å²) in [5, 5.41) is 0. The van der Waals surface area contributed by atoms with E-state index in [0.717, 1.165) is 0 Å². The number of carbonyl (C=O) groups excluding carboxylic acids is 1. The number of carbonyl (C=O) groups is 1. The second-order valence-electron chi connectivity index (χ2n) is 3.29. The third-order valence-electron chi connectivity index (χ3n) is 1.56. The molecule has 0 fully saturated rings. The summed E-state index contributed by atoms with van der Waals surface area (Å²) in [4.78, 5) is 11.1. The van der Waals surface area contributed by atoms with E-state index in [0.29, 0.717) is 5.76 Å². The van der Waals surface area contributed by atoms with Gasteiger partial charge in [0, 0.05) is 0 Å². The molecule has 0 saturated heterocycles. The summed E-state index contributed by atoms with van der Waals surface area (Å²) < 4.78 is 9.55. The van der Waals surface area contributed by atoms with Crippen molar-refractivity contribution in [1.82, 2.24) is 0 Å². The summed E-state index contributed by atoms with van der Waals surface area (Å²) in [7, 11) is 0. The summed E-state index contributed by atoms with van der Waals surface area (Å²) in [5.74, 6) is 0.625. The number of rotatable bonds is 6. The molecule has 0 aromatic rings. The first-order valence-corrected chi connectivity index (χ1v) is 9.92. The van der Waals surface area contributed by atoms with E-state index >= 15 is 0 Å². The van der Waals surface area contributed by atoms with Crippen LogP contribution in [-0.4, -0.2) is 6.16 Å². The van der Waals surface area contributed by atoms with Crippen LogP contribution in [0.1, 0.15) is 69.2 Å². The van der Waals surface area contributed by atoms with Gasteiger partial charge in [0.2, 0.25) is 0 Å². The van der Waals surface area contributed by atoms with Gasteiger partial charge < -0.3 is 9.47 Å². The van der Waals surface area contributed by atoms with E-state index < -0.39 is 6.16 Å². The third-order valence-corrected chi connectivity index (χ3v) is 1.56. The molecule has 0 aromatic heterocycles. The summed E-state index contributed by atoms with van der Waals surface area (Å²) in [6.07, 6.45) is 12.5. The van der Waals surface area contributed by atoms with Crippen molar-refractivity contribution in [2.24, 2.45) is 0 Å². The van der Waals surface area contributed by atoms with Gasteiger partial charge in [-0.25, -0.2) is 4.79 Å². The average molecular weight is 395 g/mol. The lowest BCUT2D eigenvalue weighted by molar-refractivity contribution is 0.105. The molecule has 0 N–H and O–H groups in total. The highest BCUT2D eigenvalue weighted by atomic mass is 16.7. The quantitative estimate of drug-likeness (QED) is 0.256. The molecule has 28 heavy (non-hydrogen) atoms. The van der Waals surface area contributed by atoms with Crippen LogP contribution in [0.4, 0.5) is 4.79 Å². The normalized spacial score (nSPS) is 8.29. The fraction of sp³-hybridized carbons (Fsp3) is 0.400. The Balaban J connectivity index is -0.0000000841. The fourth-order valence-corrected chi connectivity index (χ4v) is 0.767. The minimum absolute atomic E-state index is 0.217. The maximum atomic E-state index is 11.1. The van der Waals surface area contributed by atoms with Crippen LogP contribution in [0, 0.1) is 0 Å². The molecule has 0 spiro atoms. The van der Waals surface area contributed by atoms with E-state index in [2.05, 4.69) is 26.3 Å². The van der Waals surface area contributed by atoms with Crippen molar-refractivity contribution in [2.45, 2.75) is 69.2 Å². The lowest BCUT2D eigenvalue weighted by Gasteiger charge is -2.04. The van der Waals surface area contributed by atoms with Gasteiger partial charge in [-0.3, -0.25) is 0 Å². The van der Waals surface area contributed by atoms with Crippen molar-refractivity contribution < 1.29 is 14.3 Å². The summed E-state index contributed by atoms with van der Waals surface area (Å²) in [6.45, 7) is 33.2. The average Bonchev–Trinajstić information content (AvgIpc) is 2.74. The van der Waals surface area contributed by atoms with Crippen LogP contribution in [-0.2, 0) is 9.47 Å². The van der Waals surface area contributed by atoms with Gasteiger partial charge in [0.15, 0.2) is 0 Å². The number of ether oxygens (including phenoxy) is 2. The molecular formula is C25H46O3. The molecule has 0 unspecified atom stereocenters. The highest BCUT2D eigenvalue weighted by molar-refractivity contribution is 5.63. The zero-order valence-corrected chi connectivity index (χ0v) is 20.2. The van der Waals surface area contributed by atoms with Gasteiger partial charge in [-0.05, 0) is 26.0 Å². The Morgan fingerprint density at radius 2 is 1.18 bits per heavy atom. The number of hydrogen-bond acceptors (Lipinski definition) is 3. The molecule has 164 valence electrons. The maximum absolute atomic E-state index is 11.1. The molecule has 0 atom stereocenters. The predicted molar refractivity (Wildman–Crippen MR) is 130 cm³/mol. The van der Waals surface area contributed by atoms with Crippen molar-refractivity contribution in [3.05, 3.63) is 86.4 Å². The van der Waals surface area contributed by atoms with Gasteiger partial charge in [-0.1, -0.05) is 118 Å². The van der Waals surface area contributed by atoms with Crippen molar-refractivity contribution in [3.63, 3.8) is 0 Å². The number of allylic oxidation sites excluding steroid dienone is 9. The first kappa shape index (κ1) is 40.2. The van der Waals surface area contributed by atoms with Crippen LogP contribution in [0.3, 0.4) is 0 Å². The first-order chi connectivity index (χ1) is 13.5. The second-order valence-corrected chi connectivity index (χ2v) is 3.29. The Morgan fingerprint density at radius 3 is 1.50 bits per heavy atom. The third kappa shape index (κ3) is 56.6. The minimum atomic E-state index is -0.814. The standard InChI is InChI=1S/C13H16O3.C4H6.4C2H6/c1-5-7-8-10-12(4)16-13(14)15-11(3)9-6-2;1-3-4-2;4*1-2/h5-10H,2,4H2,1,3H3;3-4H,1-2H2;4*1-2H3/b7-5-,10-8-,11-9+;;;;;. The molecule has 3 nitrogen and oxygen atoms in total. The van der Waals surface area contributed by atoms with E-state index in [1.165, 1.54) is 6.08 Å². The molecule has 0 rings (SSSR count). The van der Waals surface area contributed by atoms with Gasteiger partial charge >= 0.3 is 6.16 Å². The monoisotopic (exact) mass is 394 g/mol. The molecule has 0 heterocycles. The molecule has 0 bridgehead atoms. The van der Waals surface area contributed by atoms with Crippen LogP contribution < -0.4 is 0 Å². The van der Waals surface area contributed by atoms with Crippen LogP contribution in [0.25, 0.3) is 0 Å². The largest absolute Gasteiger partial charge is 0.519 e. The van der Waals surface area contributed by atoms with E-state index in [1.54, 1.807) is 43.4 Å². The van der Waals surface area contributed by atoms with E-state index in [9.17, 15) is 4.79 Å². The summed E-state index contributed by atoms with van der Waals surface area (Å²) in [6, 6.07) is 0. The smallest absolute Gasteiger partial charge is 0.400 e. The van der Waals surface area contributed by atoms with Crippen LogP contribution in [0.2, 0.25) is 0 Å². The van der Waals surface area contributed by atoms with Gasteiger partial charge in [-0.15, -0.1) is 0 Å². The zero-order valence-electron chi connectivity index (χ0n) is 20.2. The van der Waals surface area contributed by atoms with E-state index in [1.807, 2.05) is 68.4 Å². The lowest BCUT2D eigenvalue weighted by Crippen LogP contribution is -2.04. The Labute approximate surface area is 176 Å². The first-order valence-electron chi connectivity index (χ1n) is 9.92. The Hall–Kier alpha value is -2.55. The van der Waals surface area contributed by atoms with Gasteiger partial charge in [-0.2, -0.15) is 0 Å². The van der Waals surface area contributed by atoms with Crippen LogP contribution in [0.5, 0.6) is 0 Å². The topological polar surface area (TPSA) is 35.5 Å². The molecule has 0 saturated carbocycles. The zero-order chi connectivity index (χ0) is 23.8. The van der Waals surface area contributed by atoms with Gasteiger partial charge in [0.1, 0.15) is 11.5 Å².